The van der Waals surface area contributed by atoms with Gasteiger partial charge in [-0.15, -0.1) is 0 Å². The summed E-state index contributed by atoms with van der Waals surface area (Å²) >= 11 is 0. The van der Waals surface area contributed by atoms with Crippen LogP contribution in [-0.2, 0) is 0 Å². The Bertz CT molecular complexity index is 339. The van der Waals surface area contributed by atoms with E-state index in [2.05, 4.69) is 13.8 Å². The van der Waals surface area contributed by atoms with Gasteiger partial charge < -0.3 is 10.5 Å². The van der Waals surface area contributed by atoms with Crippen LogP contribution in [0.3, 0.4) is 0 Å². The number of nitrogens with two attached hydrogens (primary N) is 1. The molecule has 3 heteroatoms. The molecule has 2 N–H and O–H groups in total. The molecule has 1 aromatic carbocycles. The summed E-state index contributed by atoms with van der Waals surface area (Å²) in [6.45, 7) is 6.70. The highest BCUT2D eigenvalue weighted by molar-refractivity contribution is 5.36. The highest BCUT2D eigenvalue weighted by Gasteiger charge is 2.10. The summed E-state index contributed by atoms with van der Waals surface area (Å²) in [7, 11) is 0. The standard InChI is InChI=1S/C13H20FNO/c1-4-9(2)8-16-13-6-5-11(14)7-12(13)10(3)15/h5-7,9-10H,4,8,15H2,1-3H3. The third kappa shape index (κ3) is 3.49. The van der Waals surface area contributed by atoms with Crippen molar-refractivity contribution in [1.29, 1.82) is 0 Å². The number of hydrogen-bond donors (Lipinski definition) is 1. The Morgan fingerprint density at radius 1 is 1.38 bits per heavy atom. The molecule has 0 fully saturated rings. The zero-order valence-electron chi connectivity index (χ0n) is 10.2. The second-order valence-corrected chi connectivity index (χ2v) is 4.30. The van der Waals surface area contributed by atoms with E-state index in [1.165, 1.54) is 12.1 Å². The highest BCUT2D eigenvalue weighted by atomic mass is 19.1. The molecule has 2 unspecified atom stereocenters. The van der Waals surface area contributed by atoms with Crippen molar-refractivity contribution in [1.82, 2.24) is 0 Å². The van der Waals surface area contributed by atoms with Crippen molar-refractivity contribution in [2.24, 2.45) is 11.7 Å². The largest absolute Gasteiger partial charge is 0.493 e. The fourth-order valence-corrected chi connectivity index (χ4v) is 1.36. The molecule has 0 saturated heterocycles. The van der Waals surface area contributed by atoms with Crippen LogP contribution in [0.1, 0.15) is 38.8 Å². The summed E-state index contributed by atoms with van der Waals surface area (Å²) in [4.78, 5) is 0. The van der Waals surface area contributed by atoms with Gasteiger partial charge in [0.1, 0.15) is 11.6 Å². The smallest absolute Gasteiger partial charge is 0.124 e. The van der Waals surface area contributed by atoms with Crippen LogP contribution in [0.5, 0.6) is 5.75 Å². The van der Waals surface area contributed by atoms with Crippen LogP contribution < -0.4 is 10.5 Å². The maximum absolute atomic E-state index is 13.1. The topological polar surface area (TPSA) is 35.2 Å². The summed E-state index contributed by atoms with van der Waals surface area (Å²) < 4.78 is 18.7. The van der Waals surface area contributed by atoms with Crippen LogP contribution in [0.15, 0.2) is 18.2 Å². The van der Waals surface area contributed by atoms with Crippen LogP contribution in [0.4, 0.5) is 4.39 Å². The summed E-state index contributed by atoms with van der Waals surface area (Å²) in [5, 5.41) is 0. The summed E-state index contributed by atoms with van der Waals surface area (Å²) in [6, 6.07) is 4.27. The first-order chi connectivity index (χ1) is 7.54. The first-order valence-corrected chi connectivity index (χ1v) is 5.72. The van der Waals surface area contributed by atoms with Crippen LogP contribution in [-0.4, -0.2) is 6.61 Å². The lowest BCUT2D eigenvalue weighted by molar-refractivity contribution is 0.253. The van der Waals surface area contributed by atoms with Gasteiger partial charge in [0.05, 0.1) is 6.61 Å². The molecule has 1 aromatic rings. The quantitative estimate of drug-likeness (QED) is 0.834. The zero-order chi connectivity index (χ0) is 12.1. The third-order valence-electron chi connectivity index (χ3n) is 2.68. The molecule has 2 nitrogen and oxygen atoms in total. The van der Waals surface area contributed by atoms with Gasteiger partial charge >= 0.3 is 0 Å². The Morgan fingerprint density at radius 3 is 2.62 bits per heavy atom. The van der Waals surface area contributed by atoms with E-state index in [-0.39, 0.29) is 11.9 Å². The minimum absolute atomic E-state index is 0.220. The minimum atomic E-state index is -0.275. The van der Waals surface area contributed by atoms with E-state index in [0.717, 1.165) is 12.0 Å². The molecule has 0 heterocycles. The van der Waals surface area contributed by atoms with Crippen LogP contribution in [0.25, 0.3) is 0 Å². The molecular weight excluding hydrogens is 205 g/mol. The van der Waals surface area contributed by atoms with Crippen LogP contribution >= 0.6 is 0 Å². The predicted molar refractivity (Wildman–Crippen MR) is 64.0 cm³/mol. The Morgan fingerprint density at radius 2 is 2.06 bits per heavy atom. The average molecular weight is 225 g/mol. The van der Waals surface area contributed by atoms with Gasteiger partial charge in [-0.3, -0.25) is 0 Å². The molecule has 0 saturated carbocycles. The van der Waals surface area contributed by atoms with E-state index in [4.69, 9.17) is 10.5 Å². The van der Waals surface area contributed by atoms with Gasteiger partial charge in [0.25, 0.3) is 0 Å². The highest BCUT2D eigenvalue weighted by Crippen LogP contribution is 2.25. The van der Waals surface area contributed by atoms with Gasteiger partial charge in [-0.05, 0) is 31.0 Å². The second-order valence-electron chi connectivity index (χ2n) is 4.30. The summed E-state index contributed by atoms with van der Waals surface area (Å²) in [5.41, 5.74) is 6.50. The SMILES string of the molecule is CCC(C)COc1ccc(F)cc1C(C)N. The minimum Gasteiger partial charge on any atom is -0.493 e. The maximum Gasteiger partial charge on any atom is 0.124 e. The van der Waals surface area contributed by atoms with Crippen LogP contribution in [0, 0.1) is 11.7 Å². The van der Waals surface area contributed by atoms with Crippen molar-refractivity contribution in [3.63, 3.8) is 0 Å². The number of ether oxygens (including phenoxy) is 1. The number of rotatable bonds is 5. The first-order valence-electron chi connectivity index (χ1n) is 5.72. The van der Waals surface area contributed by atoms with E-state index >= 15 is 0 Å². The van der Waals surface area contributed by atoms with Gasteiger partial charge in [-0.25, -0.2) is 4.39 Å². The molecule has 0 bridgehead atoms. The molecule has 2 atom stereocenters. The zero-order valence-corrected chi connectivity index (χ0v) is 10.2. The van der Waals surface area contributed by atoms with E-state index in [0.29, 0.717) is 18.3 Å². The van der Waals surface area contributed by atoms with Crippen molar-refractivity contribution in [2.45, 2.75) is 33.2 Å². The molecule has 0 spiro atoms. The average Bonchev–Trinajstić information content (AvgIpc) is 2.26. The summed E-state index contributed by atoms with van der Waals surface area (Å²) in [6.07, 6.45) is 1.06. The molecule has 0 aliphatic carbocycles. The van der Waals surface area contributed by atoms with Gasteiger partial charge in [0.2, 0.25) is 0 Å². The lowest BCUT2D eigenvalue weighted by Gasteiger charge is -2.16. The summed E-state index contributed by atoms with van der Waals surface area (Å²) in [5.74, 6) is 0.908. The molecule has 1 rings (SSSR count). The molecule has 0 radical (unpaired) electrons. The van der Waals surface area contributed by atoms with Gasteiger partial charge in [-0.2, -0.15) is 0 Å². The fraction of sp³-hybridized carbons (Fsp3) is 0.538. The van der Waals surface area contributed by atoms with Gasteiger partial charge in [0, 0.05) is 11.6 Å². The number of benzene rings is 1. The van der Waals surface area contributed by atoms with Crippen molar-refractivity contribution in [3.8, 4) is 5.75 Å². The Balaban J connectivity index is 2.78. The predicted octanol–water partition coefficient (Wildman–Crippen LogP) is 3.27. The molecule has 0 amide bonds. The Hall–Kier alpha value is -1.09. The van der Waals surface area contributed by atoms with Crippen molar-refractivity contribution >= 4 is 0 Å². The molecule has 90 valence electrons. The lowest BCUT2D eigenvalue weighted by atomic mass is 10.1. The van der Waals surface area contributed by atoms with Crippen molar-refractivity contribution < 1.29 is 9.13 Å². The van der Waals surface area contributed by atoms with E-state index in [1.54, 1.807) is 6.07 Å². The van der Waals surface area contributed by atoms with Gasteiger partial charge in [-0.1, -0.05) is 20.3 Å². The number of hydrogen-bond acceptors (Lipinski definition) is 2. The molecule has 0 aliphatic rings. The maximum atomic E-state index is 13.1. The molecular formula is C13H20FNO. The Labute approximate surface area is 96.6 Å². The lowest BCUT2D eigenvalue weighted by Crippen LogP contribution is -2.12. The fourth-order valence-electron chi connectivity index (χ4n) is 1.36. The first kappa shape index (κ1) is 13.0. The molecule has 0 aliphatic heterocycles. The van der Waals surface area contributed by atoms with E-state index in [1.807, 2.05) is 6.92 Å². The van der Waals surface area contributed by atoms with Gasteiger partial charge in [0.15, 0.2) is 0 Å². The molecule has 16 heavy (non-hydrogen) atoms. The van der Waals surface area contributed by atoms with E-state index in [9.17, 15) is 4.39 Å². The molecule has 0 aromatic heterocycles. The van der Waals surface area contributed by atoms with E-state index < -0.39 is 0 Å². The van der Waals surface area contributed by atoms with Crippen LogP contribution in [0.2, 0.25) is 0 Å². The monoisotopic (exact) mass is 225 g/mol. The normalized spacial score (nSPS) is 14.6. The van der Waals surface area contributed by atoms with Crippen molar-refractivity contribution in [3.05, 3.63) is 29.6 Å². The Kier molecular flexibility index (Phi) is 4.74. The second kappa shape index (κ2) is 5.85. The number of halogens is 1. The van der Waals surface area contributed by atoms with Crippen molar-refractivity contribution in [2.75, 3.05) is 6.61 Å². The third-order valence-corrected chi connectivity index (χ3v) is 2.68.